The van der Waals surface area contributed by atoms with Gasteiger partial charge in [0.05, 0.1) is 7.11 Å². The minimum Gasteiger partial charge on any atom is -0.497 e. The summed E-state index contributed by atoms with van der Waals surface area (Å²) in [6.07, 6.45) is 1.31. The zero-order valence-electron chi connectivity index (χ0n) is 21.0. The van der Waals surface area contributed by atoms with Gasteiger partial charge in [-0.3, -0.25) is 14.5 Å². The van der Waals surface area contributed by atoms with Crippen molar-refractivity contribution < 1.29 is 19.1 Å². The second kappa shape index (κ2) is 13.2. The van der Waals surface area contributed by atoms with Crippen LogP contribution in [0, 0.1) is 6.92 Å². The molecule has 35 heavy (non-hydrogen) atoms. The van der Waals surface area contributed by atoms with Crippen molar-refractivity contribution in [2.45, 2.75) is 44.9 Å². The van der Waals surface area contributed by atoms with Gasteiger partial charge in [-0.1, -0.05) is 42.0 Å². The molecule has 0 aliphatic carbocycles. The number of hydrogen-bond donors (Lipinski definition) is 2. The van der Waals surface area contributed by atoms with Crippen LogP contribution in [-0.2, 0) is 27.4 Å². The Balaban J connectivity index is 1.85. The highest BCUT2D eigenvalue weighted by molar-refractivity contribution is 5.88. The molecule has 8 nitrogen and oxygen atoms in total. The molecule has 3 N–H and O–H groups in total. The maximum absolute atomic E-state index is 13.0. The second-order valence-corrected chi connectivity index (χ2v) is 9.04. The monoisotopic (exact) mass is 482 g/mol. The normalized spacial score (nSPS) is 17.9. The maximum atomic E-state index is 13.0. The molecule has 1 saturated heterocycles. The van der Waals surface area contributed by atoms with Crippen LogP contribution in [0.5, 0.6) is 5.75 Å². The molecule has 0 aromatic heterocycles. The number of nitrogens with one attached hydrogen (secondary N) is 1. The molecule has 0 spiro atoms. The number of likely N-dealkylation sites (tertiary alicyclic amines) is 1. The number of nitrogens with two attached hydrogens (primary N) is 1. The SMILES string of the molecule is COCC(=O)N1CCC(N(Cc2ccc(C)cc2)Cc2cccc(OC)c2)C[C@@H]1C(=O)NCCN. The third-order valence-corrected chi connectivity index (χ3v) is 6.45. The number of ether oxygens (including phenoxy) is 2. The zero-order chi connectivity index (χ0) is 25.2. The van der Waals surface area contributed by atoms with Crippen LogP contribution in [-0.4, -0.2) is 74.2 Å². The third-order valence-electron chi connectivity index (χ3n) is 6.45. The molecule has 2 aromatic rings. The Morgan fingerprint density at radius 3 is 2.54 bits per heavy atom. The predicted octanol–water partition coefficient (Wildman–Crippen LogP) is 2.09. The van der Waals surface area contributed by atoms with Crippen LogP contribution in [0.2, 0.25) is 0 Å². The Morgan fingerprint density at radius 2 is 1.86 bits per heavy atom. The lowest BCUT2D eigenvalue weighted by Gasteiger charge is -2.43. The molecule has 3 rings (SSSR count). The molecular weight excluding hydrogens is 444 g/mol. The Morgan fingerprint density at radius 1 is 1.11 bits per heavy atom. The number of carbonyl (C=O) groups excluding carboxylic acids is 2. The quantitative estimate of drug-likeness (QED) is 0.509. The minimum absolute atomic E-state index is 0.0395. The number of benzene rings is 2. The summed E-state index contributed by atoms with van der Waals surface area (Å²) in [4.78, 5) is 29.8. The van der Waals surface area contributed by atoms with E-state index < -0.39 is 6.04 Å². The number of carbonyl (C=O) groups is 2. The van der Waals surface area contributed by atoms with Gasteiger partial charge in [0.2, 0.25) is 11.8 Å². The molecule has 190 valence electrons. The van der Waals surface area contributed by atoms with E-state index in [2.05, 4.69) is 47.5 Å². The van der Waals surface area contributed by atoms with Crippen LogP contribution in [0.15, 0.2) is 48.5 Å². The van der Waals surface area contributed by atoms with Crippen LogP contribution >= 0.6 is 0 Å². The summed E-state index contributed by atoms with van der Waals surface area (Å²) in [6, 6.07) is 16.2. The Labute approximate surface area is 208 Å². The van der Waals surface area contributed by atoms with E-state index in [4.69, 9.17) is 15.2 Å². The molecule has 8 heteroatoms. The molecule has 2 atom stereocenters. The van der Waals surface area contributed by atoms with Crippen LogP contribution in [0.25, 0.3) is 0 Å². The number of hydrogen-bond acceptors (Lipinski definition) is 6. The van der Waals surface area contributed by atoms with Crippen LogP contribution in [0.4, 0.5) is 0 Å². The summed E-state index contributed by atoms with van der Waals surface area (Å²) in [5, 5.41) is 2.88. The highest BCUT2D eigenvalue weighted by Gasteiger charge is 2.38. The molecule has 0 bridgehead atoms. The molecule has 1 fully saturated rings. The molecule has 1 unspecified atom stereocenters. The van der Waals surface area contributed by atoms with Gasteiger partial charge in [-0.2, -0.15) is 0 Å². The van der Waals surface area contributed by atoms with Crippen LogP contribution in [0.3, 0.4) is 0 Å². The van der Waals surface area contributed by atoms with E-state index in [-0.39, 0.29) is 24.5 Å². The van der Waals surface area contributed by atoms with E-state index in [1.807, 2.05) is 18.2 Å². The number of piperidine rings is 1. The molecule has 1 aliphatic heterocycles. The van der Waals surface area contributed by atoms with Crippen molar-refractivity contribution >= 4 is 11.8 Å². The lowest BCUT2D eigenvalue weighted by atomic mass is 9.93. The van der Waals surface area contributed by atoms with Gasteiger partial charge in [-0.15, -0.1) is 0 Å². The van der Waals surface area contributed by atoms with Crippen LogP contribution in [0.1, 0.15) is 29.5 Å². The van der Waals surface area contributed by atoms with Crippen molar-refractivity contribution in [3.05, 3.63) is 65.2 Å². The summed E-state index contributed by atoms with van der Waals surface area (Å²) < 4.78 is 10.5. The van der Waals surface area contributed by atoms with Gasteiger partial charge in [0.15, 0.2) is 0 Å². The molecule has 2 amide bonds. The fraction of sp³-hybridized carbons (Fsp3) is 0.481. The smallest absolute Gasteiger partial charge is 0.249 e. The van der Waals surface area contributed by atoms with Crippen LogP contribution < -0.4 is 15.8 Å². The summed E-state index contributed by atoms with van der Waals surface area (Å²) in [5.74, 6) is 0.481. The van der Waals surface area contributed by atoms with E-state index in [1.165, 1.54) is 18.2 Å². The third kappa shape index (κ3) is 7.52. The average Bonchev–Trinajstić information content (AvgIpc) is 2.88. The first-order valence-corrected chi connectivity index (χ1v) is 12.1. The summed E-state index contributed by atoms with van der Waals surface area (Å²) in [6.45, 7) is 4.71. The first-order valence-electron chi connectivity index (χ1n) is 12.1. The van der Waals surface area contributed by atoms with Gasteiger partial charge in [0.25, 0.3) is 0 Å². The zero-order valence-corrected chi connectivity index (χ0v) is 21.0. The topological polar surface area (TPSA) is 97.1 Å². The van der Waals surface area contributed by atoms with Crippen molar-refractivity contribution in [1.29, 1.82) is 0 Å². The molecule has 1 heterocycles. The second-order valence-electron chi connectivity index (χ2n) is 9.04. The standard InChI is InChI=1S/C27H38N4O4/c1-20-7-9-21(10-8-20)17-30(18-22-5-4-6-24(15-22)35-3)23-11-14-31(26(32)19-34-2)25(16-23)27(33)29-13-12-28/h4-10,15,23,25H,11-14,16-19,28H2,1-3H3,(H,29,33)/t23?,25-/m1/s1. The van der Waals surface area contributed by atoms with Gasteiger partial charge in [-0.25, -0.2) is 0 Å². The van der Waals surface area contributed by atoms with Gasteiger partial charge in [0.1, 0.15) is 18.4 Å². The highest BCUT2D eigenvalue weighted by Crippen LogP contribution is 2.27. The van der Waals surface area contributed by atoms with E-state index in [1.54, 1.807) is 12.0 Å². The predicted molar refractivity (Wildman–Crippen MR) is 136 cm³/mol. The summed E-state index contributed by atoms with van der Waals surface area (Å²) in [5.41, 5.74) is 9.16. The molecular formula is C27H38N4O4. The molecule has 2 aromatic carbocycles. The van der Waals surface area contributed by atoms with Gasteiger partial charge >= 0.3 is 0 Å². The minimum atomic E-state index is -0.561. The number of aryl methyl sites for hydroxylation is 1. The van der Waals surface area contributed by atoms with E-state index >= 15 is 0 Å². The van der Waals surface area contributed by atoms with Gasteiger partial charge < -0.3 is 25.4 Å². The number of methoxy groups -OCH3 is 2. The fourth-order valence-electron chi connectivity index (χ4n) is 4.59. The number of rotatable bonds is 11. The van der Waals surface area contributed by atoms with Crippen molar-refractivity contribution in [1.82, 2.24) is 15.1 Å². The number of nitrogens with zero attached hydrogens (tertiary/aromatic N) is 2. The van der Waals surface area contributed by atoms with Gasteiger partial charge in [0, 0.05) is 45.9 Å². The lowest BCUT2D eigenvalue weighted by molar-refractivity contribution is -0.146. The largest absolute Gasteiger partial charge is 0.497 e. The lowest BCUT2D eigenvalue weighted by Crippen LogP contribution is -2.58. The first-order chi connectivity index (χ1) is 16.9. The van der Waals surface area contributed by atoms with E-state index in [9.17, 15) is 9.59 Å². The van der Waals surface area contributed by atoms with E-state index in [0.29, 0.717) is 32.6 Å². The first kappa shape index (κ1) is 26.7. The number of amides is 2. The average molecular weight is 483 g/mol. The molecule has 0 radical (unpaired) electrons. The van der Waals surface area contributed by atoms with Crippen molar-refractivity contribution in [2.24, 2.45) is 5.73 Å². The Kier molecular flexibility index (Phi) is 10.1. The maximum Gasteiger partial charge on any atom is 0.249 e. The van der Waals surface area contributed by atoms with Crippen molar-refractivity contribution in [2.75, 3.05) is 40.5 Å². The molecule has 1 aliphatic rings. The summed E-state index contributed by atoms with van der Waals surface area (Å²) >= 11 is 0. The van der Waals surface area contributed by atoms with Crippen molar-refractivity contribution in [3.8, 4) is 5.75 Å². The molecule has 0 saturated carbocycles. The van der Waals surface area contributed by atoms with Gasteiger partial charge in [-0.05, 0) is 43.0 Å². The Bertz CT molecular complexity index is 966. The fourth-order valence-corrected chi connectivity index (χ4v) is 4.59. The van der Waals surface area contributed by atoms with Crippen molar-refractivity contribution in [3.63, 3.8) is 0 Å². The highest BCUT2D eigenvalue weighted by atomic mass is 16.5. The Hall–Kier alpha value is -2.94. The van der Waals surface area contributed by atoms with E-state index in [0.717, 1.165) is 24.3 Å². The summed E-state index contributed by atoms with van der Waals surface area (Å²) in [7, 11) is 3.16.